The Labute approximate surface area is 107 Å². The van der Waals surface area contributed by atoms with Crippen molar-refractivity contribution in [1.82, 2.24) is 4.65 Å². The van der Waals surface area contributed by atoms with Crippen LogP contribution in [0.3, 0.4) is 0 Å². The van der Waals surface area contributed by atoms with Crippen LogP contribution in [0.5, 0.6) is 0 Å². The lowest BCUT2D eigenvalue weighted by atomic mass is 11.6. The summed E-state index contributed by atoms with van der Waals surface area (Å²) in [5, 5.41) is 0. The quantitative estimate of drug-likeness (QED) is 0.757. The Bertz CT molecular complexity index is 242. The molecule has 0 aliphatic carbocycles. The topological polar surface area (TPSA) is 12.0 Å². The van der Waals surface area contributed by atoms with Gasteiger partial charge in [-0.3, -0.25) is 0 Å². The first kappa shape index (κ1) is 14.9. The van der Waals surface area contributed by atoms with Gasteiger partial charge in [0.25, 0.3) is 0 Å². The maximum Gasteiger partial charge on any atom is 0.112 e. The zero-order chi connectivity index (χ0) is 13.2. The average molecular weight is 290 g/mol. The molecule has 0 aromatic rings. The Balaban J connectivity index is 3.48. The Morgan fingerprint density at radius 2 is 0.938 bits per heavy atom. The van der Waals surface area contributed by atoms with Gasteiger partial charge in [0.2, 0.25) is 0 Å². The highest BCUT2D eigenvalue weighted by Gasteiger charge is 2.76. The van der Waals surface area contributed by atoms with Gasteiger partial charge < -0.3 is 4.65 Å². The molecular formula is C11H31NSi4. The predicted octanol–water partition coefficient (Wildman–Crippen LogP) is 4.03. The van der Waals surface area contributed by atoms with Gasteiger partial charge in [0.15, 0.2) is 0 Å². The van der Waals surface area contributed by atoms with Crippen LogP contribution in [0.15, 0.2) is 0 Å². The van der Waals surface area contributed by atoms with E-state index in [0.29, 0.717) is 0 Å². The first-order valence-electron chi connectivity index (χ1n) is 6.50. The third-order valence-corrected chi connectivity index (χ3v) is 42.8. The van der Waals surface area contributed by atoms with Crippen molar-refractivity contribution < 1.29 is 0 Å². The van der Waals surface area contributed by atoms with Gasteiger partial charge in [0, 0.05) is 16.1 Å². The zero-order valence-electron chi connectivity index (χ0n) is 13.0. The predicted molar refractivity (Wildman–Crippen MR) is 87.5 cm³/mol. The van der Waals surface area contributed by atoms with E-state index in [0.717, 1.165) is 3.91 Å². The normalized spacial score (nSPS) is 27.4. The van der Waals surface area contributed by atoms with Crippen molar-refractivity contribution in [3.05, 3.63) is 0 Å². The molecule has 0 unspecified atom stereocenters. The highest BCUT2D eigenvalue weighted by atomic mass is 28.6. The third kappa shape index (κ3) is 1.55. The summed E-state index contributed by atoms with van der Waals surface area (Å²) in [5.74, 6) is 0. The summed E-state index contributed by atoms with van der Waals surface area (Å²) in [7, 11) is -4.62. The van der Waals surface area contributed by atoms with Gasteiger partial charge in [-0.25, -0.2) is 0 Å². The monoisotopic (exact) mass is 289 g/mol. The molecule has 16 heavy (non-hydrogen) atoms. The van der Waals surface area contributed by atoms with E-state index in [9.17, 15) is 0 Å². The van der Waals surface area contributed by atoms with Gasteiger partial charge in [0.05, 0.1) is 0 Å². The Hall–Kier alpha value is 0.828. The van der Waals surface area contributed by atoms with E-state index in [1.165, 1.54) is 0 Å². The van der Waals surface area contributed by atoms with Crippen LogP contribution in [0.2, 0.25) is 69.4 Å². The summed E-state index contributed by atoms with van der Waals surface area (Å²) in [6, 6.07) is 0. The van der Waals surface area contributed by atoms with Crippen molar-refractivity contribution in [1.29, 1.82) is 0 Å². The molecule has 1 aliphatic heterocycles. The lowest BCUT2D eigenvalue weighted by Gasteiger charge is -2.75. The molecule has 0 atom stereocenters. The fraction of sp³-hybridized carbons (Fsp3) is 1.00. The molecule has 0 radical (unpaired) electrons. The molecule has 1 rings (SSSR count). The van der Waals surface area contributed by atoms with Crippen molar-refractivity contribution in [3.8, 4) is 0 Å². The third-order valence-electron chi connectivity index (χ3n) is 4.75. The van der Waals surface area contributed by atoms with Crippen LogP contribution in [0.4, 0.5) is 0 Å². The second kappa shape index (κ2) is 3.44. The van der Waals surface area contributed by atoms with E-state index in [2.05, 4.69) is 70.1 Å². The van der Waals surface area contributed by atoms with Crippen LogP contribution in [-0.4, -0.2) is 32.6 Å². The van der Waals surface area contributed by atoms with Crippen LogP contribution in [0.25, 0.3) is 0 Å². The summed E-state index contributed by atoms with van der Waals surface area (Å²) in [5.41, 5.74) is 0. The number of rotatable bonds is 2. The number of nitrogens with one attached hydrogen (secondary N) is 1. The smallest absolute Gasteiger partial charge is 0.112 e. The maximum absolute atomic E-state index is 4.11. The van der Waals surface area contributed by atoms with E-state index in [-0.39, 0.29) is 0 Å². The Morgan fingerprint density at radius 3 is 1.00 bits per heavy atom. The molecule has 1 saturated heterocycles. The summed E-state index contributed by atoms with van der Waals surface area (Å²) >= 11 is 0. The first-order chi connectivity index (χ1) is 6.71. The number of hydrogen-bond donors (Lipinski definition) is 1. The van der Waals surface area contributed by atoms with E-state index in [4.69, 9.17) is 0 Å². The van der Waals surface area contributed by atoms with Crippen molar-refractivity contribution in [3.63, 3.8) is 0 Å². The van der Waals surface area contributed by atoms with E-state index >= 15 is 0 Å². The molecular weight excluding hydrogens is 258 g/mol. The molecule has 1 N–H and O–H groups in total. The van der Waals surface area contributed by atoms with Gasteiger partial charge in [-0.1, -0.05) is 65.5 Å². The minimum Gasteiger partial charge on any atom is -0.360 e. The minimum absolute atomic E-state index is 0.833. The second-order valence-corrected chi connectivity index (χ2v) is 31.1. The molecule has 1 aliphatic rings. The lowest BCUT2D eigenvalue weighted by Crippen LogP contribution is -2.94. The molecule has 5 heteroatoms. The zero-order valence-corrected chi connectivity index (χ0v) is 17.0. The fourth-order valence-electron chi connectivity index (χ4n) is 6.56. The fourth-order valence-corrected chi connectivity index (χ4v) is 61.3. The molecule has 0 spiro atoms. The van der Waals surface area contributed by atoms with E-state index in [1.807, 2.05) is 0 Å². The van der Waals surface area contributed by atoms with E-state index < -0.39 is 32.6 Å². The molecule has 96 valence electrons. The van der Waals surface area contributed by atoms with Crippen LogP contribution in [0, 0.1) is 0 Å². The summed E-state index contributed by atoms with van der Waals surface area (Å²) in [4.78, 5) is 0. The molecule has 1 nitrogen and oxygen atoms in total. The number of hydrogen-bond acceptors (Lipinski definition) is 1. The standard InChI is InChI=1S/C11H31NSi4/c1-13(2,3)11(14(4,5)6)15(7,8)12-16(11,9)10/h12H,1-10H3. The summed E-state index contributed by atoms with van der Waals surface area (Å²) < 4.78 is 4.94. The van der Waals surface area contributed by atoms with Crippen LogP contribution >= 0.6 is 0 Å². The Kier molecular flexibility index (Phi) is 3.20. The lowest BCUT2D eigenvalue weighted by molar-refractivity contribution is 0.988. The molecule has 0 aromatic carbocycles. The molecule has 0 amide bonds. The highest BCUT2D eigenvalue weighted by molar-refractivity contribution is 7.36. The van der Waals surface area contributed by atoms with Gasteiger partial charge in [-0.2, -0.15) is 0 Å². The summed E-state index contributed by atoms with van der Waals surface area (Å²) in [6.45, 7) is 26.2. The van der Waals surface area contributed by atoms with Crippen molar-refractivity contribution in [2.75, 3.05) is 0 Å². The second-order valence-electron chi connectivity index (χ2n) is 8.62. The van der Waals surface area contributed by atoms with Crippen LogP contribution in [0.1, 0.15) is 0 Å². The average Bonchev–Trinajstić information content (AvgIpc) is 1.70. The SMILES string of the molecule is C[Si](C)(C)C1([Si](C)(C)C)[Si](C)(C)N[Si]1(C)C. The van der Waals surface area contributed by atoms with Gasteiger partial charge in [-0.15, -0.1) is 0 Å². The van der Waals surface area contributed by atoms with Gasteiger partial charge in [-0.05, 0) is 3.91 Å². The minimum atomic E-state index is -1.20. The first-order valence-corrected chi connectivity index (χ1v) is 19.5. The highest BCUT2D eigenvalue weighted by Crippen LogP contribution is 2.63. The van der Waals surface area contributed by atoms with Gasteiger partial charge in [0.1, 0.15) is 16.5 Å². The van der Waals surface area contributed by atoms with Crippen LogP contribution < -0.4 is 4.65 Å². The molecule has 1 fully saturated rings. The van der Waals surface area contributed by atoms with Crippen molar-refractivity contribution >= 4 is 32.6 Å². The largest absolute Gasteiger partial charge is 0.360 e. The molecule has 0 aromatic heterocycles. The maximum atomic E-state index is 4.11. The molecule has 0 saturated carbocycles. The summed E-state index contributed by atoms with van der Waals surface area (Å²) in [6.07, 6.45) is 0. The molecule has 1 heterocycles. The van der Waals surface area contributed by atoms with Crippen LogP contribution in [-0.2, 0) is 0 Å². The van der Waals surface area contributed by atoms with Crippen molar-refractivity contribution in [2.45, 2.75) is 69.4 Å². The van der Waals surface area contributed by atoms with Gasteiger partial charge >= 0.3 is 0 Å². The van der Waals surface area contributed by atoms with E-state index in [1.54, 1.807) is 0 Å². The van der Waals surface area contributed by atoms with Crippen molar-refractivity contribution in [2.24, 2.45) is 0 Å². The molecule has 0 bridgehead atoms. The Morgan fingerprint density at radius 1 is 0.688 bits per heavy atom.